The molecule has 0 spiro atoms. The van der Waals surface area contributed by atoms with E-state index in [0.29, 0.717) is 10.2 Å². The molecular weight excluding hydrogens is 472 g/mol. The number of carbonyl (C=O) groups is 1. The maximum atomic E-state index is 12.3. The van der Waals surface area contributed by atoms with Gasteiger partial charge in [0.15, 0.2) is 15.0 Å². The molecule has 0 unspecified atom stereocenters. The molecule has 2 aromatic carbocycles. The minimum atomic E-state index is -3.55. The van der Waals surface area contributed by atoms with E-state index in [1.807, 2.05) is 29.6 Å². The van der Waals surface area contributed by atoms with Crippen molar-refractivity contribution in [2.75, 3.05) is 11.1 Å². The van der Waals surface area contributed by atoms with Gasteiger partial charge in [-0.05, 0) is 36.4 Å². The van der Waals surface area contributed by atoms with E-state index in [2.05, 4.69) is 26.2 Å². The van der Waals surface area contributed by atoms with Crippen LogP contribution in [-0.4, -0.2) is 25.1 Å². The zero-order chi connectivity index (χ0) is 19.4. The lowest BCUT2D eigenvalue weighted by molar-refractivity contribution is -0.115. The van der Waals surface area contributed by atoms with Crippen LogP contribution in [0.1, 0.15) is 6.42 Å². The molecular formula is C18H14BrClN2O3S2. The third-order valence-corrected chi connectivity index (χ3v) is 6.93. The number of hydrogen-bond donors (Lipinski definition) is 1. The summed E-state index contributed by atoms with van der Waals surface area (Å²) in [5.74, 6) is -0.685. The van der Waals surface area contributed by atoms with Crippen LogP contribution in [0.4, 0.5) is 5.13 Å². The van der Waals surface area contributed by atoms with Gasteiger partial charge in [0, 0.05) is 26.9 Å². The van der Waals surface area contributed by atoms with Crippen molar-refractivity contribution in [2.45, 2.75) is 11.3 Å². The van der Waals surface area contributed by atoms with Gasteiger partial charge in [-0.3, -0.25) is 4.79 Å². The summed E-state index contributed by atoms with van der Waals surface area (Å²) in [5, 5.41) is 5.37. The Bertz CT molecular complexity index is 1050. The molecule has 0 fully saturated rings. The van der Waals surface area contributed by atoms with Gasteiger partial charge < -0.3 is 5.32 Å². The summed E-state index contributed by atoms with van der Waals surface area (Å²) in [7, 11) is -3.55. The standard InChI is InChI=1S/C18H14BrClN2O3S2/c19-13-3-1-12(2-4-13)16-11-26-18(21-16)22-17(23)9-10-27(24,25)15-7-5-14(20)6-8-15/h1-8,11H,9-10H2,(H,21,22,23). The summed E-state index contributed by atoms with van der Waals surface area (Å²) in [6.45, 7) is 0. The van der Waals surface area contributed by atoms with Gasteiger partial charge in [-0.2, -0.15) is 0 Å². The van der Waals surface area contributed by atoms with Gasteiger partial charge in [0.1, 0.15) is 0 Å². The zero-order valence-corrected chi connectivity index (χ0v) is 17.8. The van der Waals surface area contributed by atoms with E-state index < -0.39 is 15.7 Å². The van der Waals surface area contributed by atoms with Gasteiger partial charge in [0.25, 0.3) is 0 Å². The lowest BCUT2D eigenvalue weighted by atomic mass is 10.2. The molecule has 27 heavy (non-hydrogen) atoms. The fourth-order valence-electron chi connectivity index (χ4n) is 2.25. The summed E-state index contributed by atoms with van der Waals surface area (Å²) in [6, 6.07) is 13.5. The smallest absolute Gasteiger partial charge is 0.227 e. The number of nitrogens with one attached hydrogen (secondary N) is 1. The van der Waals surface area contributed by atoms with E-state index in [-0.39, 0.29) is 17.1 Å². The first-order valence-corrected chi connectivity index (χ1v) is 11.5. The van der Waals surface area contributed by atoms with Gasteiger partial charge in [0.05, 0.1) is 16.3 Å². The molecule has 140 valence electrons. The highest BCUT2D eigenvalue weighted by Gasteiger charge is 2.17. The highest BCUT2D eigenvalue weighted by molar-refractivity contribution is 9.10. The molecule has 1 amide bonds. The topological polar surface area (TPSA) is 76.1 Å². The van der Waals surface area contributed by atoms with Crippen LogP contribution in [0.2, 0.25) is 5.02 Å². The van der Waals surface area contributed by atoms with Crippen LogP contribution < -0.4 is 5.32 Å². The maximum absolute atomic E-state index is 12.3. The lowest BCUT2D eigenvalue weighted by Crippen LogP contribution is -2.17. The second-order valence-corrected chi connectivity index (χ2v) is 9.94. The monoisotopic (exact) mass is 484 g/mol. The Labute approximate surface area is 174 Å². The predicted octanol–water partition coefficient (Wildman–Crippen LogP) is 5.03. The third-order valence-electron chi connectivity index (χ3n) is 3.66. The summed E-state index contributed by atoms with van der Waals surface area (Å²) in [6.07, 6.45) is -0.155. The quantitative estimate of drug-likeness (QED) is 0.531. The minimum Gasteiger partial charge on any atom is -0.302 e. The number of hydrogen-bond acceptors (Lipinski definition) is 5. The Morgan fingerprint density at radius 2 is 1.78 bits per heavy atom. The van der Waals surface area contributed by atoms with Crippen molar-refractivity contribution in [3.05, 3.63) is 63.4 Å². The van der Waals surface area contributed by atoms with Crippen molar-refractivity contribution < 1.29 is 13.2 Å². The number of nitrogens with zero attached hydrogens (tertiary/aromatic N) is 1. The number of carbonyl (C=O) groups excluding carboxylic acids is 1. The third kappa shape index (κ3) is 5.38. The SMILES string of the molecule is O=C(CCS(=O)(=O)c1ccc(Cl)cc1)Nc1nc(-c2ccc(Br)cc2)cs1. The molecule has 3 aromatic rings. The Kier molecular flexibility index (Phi) is 6.31. The number of sulfone groups is 1. The molecule has 3 rings (SSSR count). The van der Waals surface area contributed by atoms with Gasteiger partial charge in [-0.15, -0.1) is 11.3 Å². The van der Waals surface area contributed by atoms with Crippen LogP contribution in [0, 0.1) is 0 Å². The number of thiazole rings is 1. The van der Waals surface area contributed by atoms with Gasteiger partial charge >= 0.3 is 0 Å². The van der Waals surface area contributed by atoms with Crippen molar-refractivity contribution in [3.63, 3.8) is 0 Å². The molecule has 0 saturated heterocycles. The molecule has 0 aliphatic rings. The fraction of sp³-hybridized carbons (Fsp3) is 0.111. The predicted molar refractivity (Wildman–Crippen MR) is 112 cm³/mol. The van der Waals surface area contributed by atoms with Crippen molar-refractivity contribution in [3.8, 4) is 11.3 Å². The first kappa shape index (κ1) is 20.0. The van der Waals surface area contributed by atoms with Crippen LogP contribution in [0.5, 0.6) is 0 Å². The highest BCUT2D eigenvalue weighted by Crippen LogP contribution is 2.26. The van der Waals surface area contributed by atoms with Crippen molar-refractivity contribution in [2.24, 2.45) is 0 Å². The van der Waals surface area contributed by atoms with Crippen LogP contribution in [0.15, 0.2) is 63.3 Å². The Balaban J connectivity index is 1.59. The van der Waals surface area contributed by atoms with Crippen molar-refractivity contribution in [1.29, 1.82) is 0 Å². The molecule has 1 heterocycles. The largest absolute Gasteiger partial charge is 0.302 e. The maximum Gasteiger partial charge on any atom is 0.227 e. The van der Waals surface area contributed by atoms with E-state index >= 15 is 0 Å². The van der Waals surface area contributed by atoms with Crippen molar-refractivity contribution in [1.82, 2.24) is 4.98 Å². The average molecular weight is 486 g/mol. The average Bonchev–Trinajstić information content (AvgIpc) is 3.09. The highest BCUT2D eigenvalue weighted by atomic mass is 79.9. The van der Waals surface area contributed by atoms with E-state index in [0.717, 1.165) is 15.7 Å². The normalized spacial score (nSPS) is 11.3. The van der Waals surface area contributed by atoms with Gasteiger partial charge in [-0.25, -0.2) is 13.4 Å². The molecule has 1 N–H and O–H groups in total. The molecule has 0 saturated carbocycles. The number of rotatable bonds is 6. The van der Waals surface area contributed by atoms with Crippen LogP contribution in [0.25, 0.3) is 11.3 Å². The van der Waals surface area contributed by atoms with Crippen LogP contribution in [0.3, 0.4) is 0 Å². The summed E-state index contributed by atoms with van der Waals surface area (Å²) >= 11 is 10.4. The first-order chi connectivity index (χ1) is 12.8. The second-order valence-electron chi connectivity index (χ2n) is 5.62. The van der Waals surface area contributed by atoms with E-state index in [1.165, 1.54) is 35.6 Å². The number of anilines is 1. The number of amides is 1. The van der Waals surface area contributed by atoms with Gasteiger partial charge in [-0.1, -0.05) is 39.7 Å². The van der Waals surface area contributed by atoms with E-state index in [1.54, 1.807) is 0 Å². The molecule has 0 atom stereocenters. The lowest BCUT2D eigenvalue weighted by Gasteiger charge is -2.05. The Morgan fingerprint density at radius 3 is 2.44 bits per heavy atom. The van der Waals surface area contributed by atoms with Crippen LogP contribution >= 0.6 is 38.9 Å². The second kappa shape index (κ2) is 8.52. The zero-order valence-electron chi connectivity index (χ0n) is 13.9. The molecule has 0 bridgehead atoms. The number of benzene rings is 2. The molecule has 0 aliphatic carbocycles. The molecule has 0 aliphatic heterocycles. The summed E-state index contributed by atoms with van der Waals surface area (Å²) in [4.78, 5) is 16.6. The van der Waals surface area contributed by atoms with E-state index in [9.17, 15) is 13.2 Å². The molecule has 1 aromatic heterocycles. The first-order valence-electron chi connectivity index (χ1n) is 7.83. The number of halogens is 2. The molecule has 9 heteroatoms. The Morgan fingerprint density at radius 1 is 1.11 bits per heavy atom. The summed E-state index contributed by atoms with van der Waals surface area (Å²) in [5.41, 5.74) is 1.68. The fourth-order valence-corrected chi connectivity index (χ4v) is 4.62. The molecule has 5 nitrogen and oxygen atoms in total. The van der Waals surface area contributed by atoms with Gasteiger partial charge in [0.2, 0.25) is 5.91 Å². The minimum absolute atomic E-state index is 0.145. The number of aromatic nitrogens is 1. The Hall–Kier alpha value is -1.74. The van der Waals surface area contributed by atoms with E-state index in [4.69, 9.17) is 11.6 Å². The van der Waals surface area contributed by atoms with Crippen molar-refractivity contribution >= 4 is 59.7 Å². The van der Waals surface area contributed by atoms with Crippen LogP contribution in [-0.2, 0) is 14.6 Å². The summed E-state index contributed by atoms with van der Waals surface area (Å²) < 4.78 is 25.5. The molecule has 0 radical (unpaired) electrons.